The summed E-state index contributed by atoms with van der Waals surface area (Å²) in [5, 5.41) is 9.11. The zero-order valence-electron chi connectivity index (χ0n) is 10.5. The fourth-order valence-electron chi connectivity index (χ4n) is 3.53. The maximum atomic E-state index is 9.11. The molecule has 2 heteroatoms. The molecule has 0 amide bonds. The Labute approximate surface area is 99.6 Å². The van der Waals surface area contributed by atoms with Crippen molar-refractivity contribution in [3.63, 3.8) is 0 Å². The van der Waals surface area contributed by atoms with Crippen molar-refractivity contribution in [1.82, 2.24) is 4.90 Å². The lowest BCUT2D eigenvalue weighted by atomic mass is 9.88. The molecule has 0 saturated heterocycles. The van der Waals surface area contributed by atoms with E-state index in [0.29, 0.717) is 12.0 Å². The first-order chi connectivity index (χ1) is 7.81. The average molecular weight is 220 g/mol. The predicted molar refractivity (Wildman–Crippen MR) is 65.9 cm³/mol. The van der Waals surface area contributed by atoms with E-state index in [4.69, 9.17) is 5.26 Å². The van der Waals surface area contributed by atoms with E-state index >= 15 is 0 Å². The van der Waals surface area contributed by atoms with Crippen molar-refractivity contribution in [2.45, 2.75) is 57.4 Å². The van der Waals surface area contributed by atoms with Crippen LogP contribution in [0.2, 0.25) is 0 Å². The van der Waals surface area contributed by atoms with Crippen LogP contribution in [0.25, 0.3) is 0 Å². The Morgan fingerprint density at radius 1 is 1.06 bits per heavy atom. The summed E-state index contributed by atoms with van der Waals surface area (Å²) in [5.74, 6) is 1.20. The summed E-state index contributed by atoms with van der Waals surface area (Å²) in [4.78, 5) is 2.48. The summed E-state index contributed by atoms with van der Waals surface area (Å²) in [7, 11) is 2.23. The molecule has 0 radical (unpaired) electrons. The maximum Gasteiger partial charge on any atom is 0.0672 e. The molecule has 2 rings (SSSR count). The normalized spacial score (nSPS) is 31.8. The van der Waals surface area contributed by atoms with E-state index in [1.165, 1.54) is 51.5 Å². The molecule has 0 bridgehead atoms. The van der Waals surface area contributed by atoms with Gasteiger partial charge in [0.15, 0.2) is 0 Å². The van der Waals surface area contributed by atoms with Gasteiger partial charge >= 0.3 is 0 Å². The Kier molecular flexibility index (Phi) is 4.23. The topological polar surface area (TPSA) is 27.0 Å². The molecule has 90 valence electrons. The predicted octanol–water partition coefficient (Wildman–Crippen LogP) is 3.19. The minimum absolute atomic E-state index is 0.300. The summed E-state index contributed by atoms with van der Waals surface area (Å²) in [6.45, 7) is 1.23. The van der Waals surface area contributed by atoms with Gasteiger partial charge in [-0.3, -0.25) is 0 Å². The Morgan fingerprint density at radius 3 is 2.50 bits per heavy atom. The minimum atomic E-state index is 0.300. The van der Waals surface area contributed by atoms with Crippen LogP contribution in [-0.4, -0.2) is 24.5 Å². The molecule has 2 fully saturated rings. The van der Waals surface area contributed by atoms with Crippen molar-refractivity contribution >= 4 is 0 Å². The first-order valence-electron chi connectivity index (χ1n) is 6.91. The molecule has 0 aromatic carbocycles. The second-order valence-corrected chi connectivity index (χ2v) is 5.68. The molecule has 2 aliphatic rings. The molecule has 0 aromatic rings. The summed E-state index contributed by atoms with van der Waals surface area (Å²) in [6.07, 6.45) is 10.7. The van der Waals surface area contributed by atoms with E-state index in [-0.39, 0.29) is 0 Å². The van der Waals surface area contributed by atoms with Crippen molar-refractivity contribution in [1.29, 1.82) is 5.26 Å². The molecular formula is C14H24N2. The van der Waals surface area contributed by atoms with Gasteiger partial charge in [-0.25, -0.2) is 0 Å². The van der Waals surface area contributed by atoms with Gasteiger partial charge in [0.05, 0.1) is 12.0 Å². The van der Waals surface area contributed by atoms with Crippen LogP contribution in [0, 0.1) is 23.2 Å². The van der Waals surface area contributed by atoms with Gasteiger partial charge in [-0.05, 0) is 38.6 Å². The molecule has 2 nitrogen and oxygen atoms in total. The summed E-state index contributed by atoms with van der Waals surface area (Å²) < 4.78 is 0. The minimum Gasteiger partial charge on any atom is -0.302 e. The van der Waals surface area contributed by atoms with E-state index < -0.39 is 0 Å². The quantitative estimate of drug-likeness (QED) is 0.730. The third-order valence-electron chi connectivity index (χ3n) is 4.48. The number of hydrogen-bond acceptors (Lipinski definition) is 2. The highest BCUT2D eigenvalue weighted by Gasteiger charge is 2.31. The van der Waals surface area contributed by atoms with Crippen LogP contribution in [0.15, 0.2) is 0 Å². The second-order valence-electron chi connectivity index (χ2n) is 5.68. The Morgan fingerprint density at radius 2 is 1.81 bits per heavy atom. The fraction of sp³-hybridized carbons (Fsp3) is 0.929. The Hall–Kier alpha value is -0.550. The first kappa shape index (κ1) is 11.9. The van der Waals surface area contributed by atoms with E-state index in [9.17, 15) is 0 Å². The number of nitriles is 1. The SMILES string of the molecule is CN(CC1CCCCC1)C1CCCC1C#N. The van der Waals surface area contributed by atoms with E-state index in [1.807, 2.05) is 0 Å². The highest BCUT2D eigenvalue weighted by Crippen LogP contribution is 2.31. The highest BCUT2D eigenvalue weighted by atomic mass is 15.1. The smallest absolute Gasteiger partial charge is 0.0672 e. The standard InChI is InChI=1S/C14H24N2/c1-16(11-12-6-3-2-4-7-12)14-9-5-8-13(14)10-15/h12-14H,2-9,11H2,1H3. The fourth-order valence-corrected chi connectivity index (χ4v) is 3.53. The molecule has 0 aliphatic heterocycles. The van der Waals surface area contributed by atoms with Gasteiger partial charge in [-0.2, -0.15) is 5.26 Å². The van der Waals surface area contributed by atoms with Crippen LogP contribution in [0.4, 0.5) is 0 Å². The Balaban J connectivity index is 1.82. The molecule has 0 aromatic heterocycles. The van der Waals surface area contributed by atoms with Crippen LogP contribution in [0.3, 0.4) is 0 Å². The van der Waals surface area contributed by atoms with E-state index in [0.717, 1.165) is 12.3 Å². The third-order valence-corrected chi connectivity index (χ3v) is 4.48. The molecule has 0 spiro atoms. The molecular weight excluding hydrogens is 196 g/mol. The van der Waals surface area contributed by atoms with Crippen LogP contribution >= 0.6 is 0 Å². The van der Waals surface area contributed by atoms with Crippen molar-refractivity contribution in [3.8, 4) is 6.07 Å². The second kappa shape index (κ2) is 5.68. The molecule has 0 heterocycles. The summed E-state index contributed by atoms with van der Waals surface area (Å²) in [5.41, 5.74) is 0. The number of hydrogen-bond donors (Lipinski definition) is 0. The van der Waals surface area contributed by atoms with Crippen molar-refractivity contribution in [2.24, 2.45) is 11.8 Å². The van der Waals surface area contributed by atoms with Gasteiger partial charge in [-0.15, -0.1) is 0 Å². The lowest BCUT2D eigenvalue weighted by Crippen LogP contribution is -2.38. The highest BCUT2D eigenvalue weighted by molar-refractivity contribution is 4.97. The van der Waals surface area contributed by atoms with Crippen LogP contribution < -0.4 is 0 Å². The van der Waals surface area contributed by atoms with Gasteiger partial charge in [0.1, 0.15) is 0 Å². The van der Waals surface area contributed by atoms with Gasteiger partial charge in [0.2, 0.25) is 0 Å². The molecule has 0 N–H and O–H groups in total. The van der Waals surface area contributed by atoms with Crippen molar-refractivity contribution in [2.75, 3.05) is 13.6 Å². The van der Waals surface area contributed by atoms with Crippen molar-refractivity contribution < 1.29 is 0 Å². The molecule has 16 heavy (non-hydrogen) atoms. The lowest BCUT2D eigenvalue weighted by molar-refractivity contribution is 0.168. The zero-order valence-corrected chi connectivity index (χ0v) is 10.5. The van der Waals surface area contributed by atoms with Gasteiger partial charge < -0.3 is 4.90 Å². The van der Waals surface area contributed by atoms with Gasteiger partial charge in [0, 0.05) is 12.6 Å². The van der Waals surface area contributed by atoms with Gasteiger partial charge in [-0.1, -0.05) is 25.7 Å². The Bertz CT molecular complexity index is 250. The molecule has 2 aliphatic carbocycles. The molecule has 2 unspecified atom stereocenters. The first-order valence-corrected chi connectivity index (χ1v) is 6.91. The zero-order chi connectivity index (χ0) is 11.4. The third kappa shape index (κ3) is 2.77. The summed E-state index contributed by atoms with van der Waals surface area (Å²) >= 11 is 0. The monoisotopic (exact) mass is 220 g/mol. The van der Waals surface area contributed by atoms with Crippen LogP contribution in [-0.2, 0) is 0 Å². The number of nitrogens with zero attached hydrogens (tertiary/aromatic N) is 2. The average Bonchev–Trinajstić information content (AvgIpc) is 2.78. The largest absolute Gasteiger partial charge is 0.302 e. The maximum absolute atomic E-state index is 9.11. The summed E-state index contributed by atoms with van der Waals surface area (Å²) in [6, 6.07) is 3.04. The van der Waals surface area contributed by atoms with Crippen LogP contribution in [0.5, 0.6) is 0 Å². The lowest BCUT2D eigenvalue weighted by Gasteiger charge is -2.32. The van der Waals surface area contributed by atoms with Crippen molar-refractivity contribution in [3.05, 3.63) is 0 Å². The van der Waals surface area contributed by atoms with E-state index in [2.05, 4.69) is 18.0 Å². The van der Waals surface area contributed by atoms with Crippen LogP contribution in [0.1, 0.15) is 51.4 Å². The van der Waals surface area contributed by atoms with E-state index in [1.54, 1.807) is 0 Å². The number of rotatable bonds is 3. The molecule has 2 saturated carbocycles. The molecule has 2 atom stereocenters. The van der Waals surface area contributed by atoms with Gasteiger partial charge in [0.25, 0.3) is 0 Å².